The Bertz CT molecular complexity index is 585. The van der Waals surface area contributed by atoms with Crippen LogP contribution < -0.4 is 10.2 Å². The van der Waals surface area contributed by atoms with Crippen molar-refractivity contribution in [1.82, 2.24) is 5.32 Å². The van der Waals surface area contributed by atoms with Crippen LogP contribution in [0, 0.1) is 5.82 Å². The van der Waals surface area contributed by atoms with Crippen LogP contribution in [0.2, 0.25) is 0 Å². The van der Waals surface area contributed by atoms with E-state index in [1.54, 1.807) is 17.4 Å². The molecule has 114 valence electrons. The Kier molecular flexibility index (Phi) is 6.21. The molecular formula is C16H20BrFN2S. The number of halogens is 2. The normalized spacial score (nSPS) is 10.9. The lowest BCUT2D eigenvalue weighted by Crippen LogP contribution is -2.21. The van der Waals surface area contributed by atoms with Gasteiger partial charge in [-0.3, -0.25) is 0 Å². The minimum absolute atomic E-state index is 0.182. The average Bonchev–Trinajstić information content (AvgIpc) is 2.84. The Morgan fingerprint density at radius 3 is 2.81 bits per heavy atom. The van der Waals surface area contributed by atoms with Crippen molar-refractivity contribution in [3.8, 4) is 0 Å². The van der Waals surface area contributed by atoms with Crippen molar-refractivity contribution in [3.05, 3.63) is 50.4 Å². The Morgan fingerprint density at radius 2 is 2.14 bits per heavy atom. The number of nitrogens with one attached hydrogen (secondary N) is 1. The topological polar surface area (TPSA) is 15.3 Å². The number of nitrogens with zero attached hydrogens (tertiary/aromatic N) is 1. The van der Waals surface area contributed by atoms with Crippen LogP contribution in [0.25, 0.3) is 0 Å². The molecule has 0 radical (unpaired) electrons. The monoisotopic (exact) mass is 370 g/mol. The molecule has 2 rings (SSSR count). The highest BCUT2D eigenvalue weighted by molar-refractivity contribution is 9.11. The molecule has 1 aromatic heterocycles. The number of hydrogen-bond acceptors (Lipinski definition) is 3. The first kappa shape index (κ1) is 16.5. The highest BCUT2D eigenvalue weighted by Crippen LogP contribution is 2.25. The molecule has 21 heavy (non-hydrogen) atoms. The van der Waals surface area contributed by atoms with Gasteiger partial charge in [-0.1, -0.05) is 6.92 Å². The van der Waals surface area contributed by atoms with E-state index in [2.05, 4.69) is 44.5 Å². The highest BCUT2D eigenvalue weighted by atomic mass is 79.9. The molecule has 1 heterocycles. The summed E-state index contributed by atoms with van der Waals surface area (Å²) in [5.74, 6) is -0.182. The fourth-order valence-electron chi connectivity index (χ4n) is 2.26. The summed E-state index contributed by atoms with van der Waals surface area (Å²) in [4.78, 5) is 2.16. The summed E-state index contributed by atoms with van der Waals surface area (Å²) >= 11 is 5.17. The Morgan fingerprint density at radius 1 is 1.33 bits per heavy atom. The molecule has 0 spiro atoms. The lowest BCUT2D eigenvalue weighted by molar-refractivity contribution is 0.618. The van der Waals surface area contributed by atoms with E-state index in [0.717, 1.165) is 34.5 Å². The summed E-state index contributed by atoms with van der Waals surface area (Å²) < 4.78 is 14.6. The molecule has 0 unspecified atom stereocenters. The van der Waals surface area contributed by atoms with Crippen LogP contribution in [0.5, 0.6) is 0 Å². The number of anilines is 1. The van der Waals surface area contributed by atoms with E-state index in [4.69, 9.17) is 0 Å². The Labute approximate surface area is 138 Å². The maximum absolute atomic E-state index is 13.5. The van der Waals surface area contributed by atoms with E-state index < -0.39 is 0 Å². The zero-order valence-electron chi connectivity index (χ0n) is 12.3. The number of benzene rings is 1. The number of thiophene rings is 1. The van der Waals surface area contributed by atoms with Gasteiger partial charge in [-0.2, -0.15) is 0 Å². The molecular weight excluding hydrogens is 351 g/mol. The molecule has 0 aliphatic carbocycles. The first-order valence-electron chi connectivity index (χ1n) is 7.03. The van der Waals surface area contributed by atoms with Gasteiger partial charge in [0.2, 0.25) is 0 Å². The standard InChI is InChI=1S/C16H20BrFN2S/c1-3-6-19-9-13-8-14(18)4-5-15(13)20(2)10-12-7-16(17)21-11-12/h4-5,7-8,11,19H,3,6,9-10H2,1-2H3. The number of hydrogen-bond donors (Lipinski definition) is 1. The minimum Gasteiger partial charge on any atom is -0.370 e. The SMILES string of the molecule is CCCNCc1cc(F)ccc1N(C)Cc1csc(Br)c1. The quantitative estimate of drug-likeness (QED) is 0.705. The molecule has 0 amide bonds. The summed E-state index contributed by atoms with van der Waals surface area (Å²) in [6, 6.07) is 7.14. The van der Waals surface area contributed by atoms with Crippen LogP contribution in [0.15, 0.2) is 33.4 Å². The van der Waals surface area contributed by atoms with Gasteiger partial charge < -0.3 is 10.2 Å². The van der Waals surface area contributed by atoms with E-state index in [0.29, 0.717) is 6.54 Å². The van der Waals surface area contributed by atoms with Gasteiger partial charge in [0.05, 0.1) is 3.79 Å². The second kappa shape index (κ2) is 7.92. The molecule has 0 bridgehead atoms. The minimum atomic E-state index is -0.182. The van der Waals surface area contributed by atoms with Gasteiger partial charge in [-0.05, 0) is 69.7 Å². The molecule has 5 heteroatoms. The molecule has 0 aliphatic rings. The van der Waals surface area contributed by atoms with Crippen molar-refractivity contribution in [2.45, 2.75) is 26.4 Å². The van der Waals surface area contributed by atoms with Crippen molar-refractivity contribution < 1.29 is 4.39 Å². The average molecular weight is 371 g/mol. The lowest BCUT2D eigenvalue weighted by Gasteiger charge is -2.22. The van der Waals surface area contributed by atoms with Crippen LogP contribution in [-0.4, -0.2) is 13.6 Å². The second-order valence-electron chi connectivity index (χ2n) is 5.06. The lowest BCUT2D eigenvalue weighted by atomic mass is 10.1. The second-order valence-corrected chi connectivity index (χ2v) is 7.36. The molecule has 0 atom stereocenters. The maximum atomic E-state index is 13.5. The summed E-state index contributed by atoms with van der Waals surface area (Å²) in [5.41, 5.74) is 3.33. The van der Waals surface area contributed by atoms with Gasteiger partial charge in [0.1, 0.15) is 5.82 Å². The molecule has 1 N–H and O–H groups in total. The molecule has 2 aromatic rings. The van der Waals surface area contributed by atoms with Crippen LogP contribution in [0.1, 0.15) is 24.5 Å². The summed E-state index contributed by atoms with van der Waals surface area (Å²) in [7, 11) is 2.04. The van der Waals surface area contributed by atoms with E-state index in [1.165, 1.54) is 11.6 Å². The smallest absolute Gasteiger partial charge is 0.123 e. The third-order valence-corrected chi connectivity index (χ3v) is 4.79. The van der Waals surface area contributed by atoms with Crippen molar-refractivity contribution in [2.24, 2.45) is 0 Å². The summed E-state index contributed by atoms with van der Waals surface area (Å²) in [6.45, 7) is 4.57. The van der Waals surface area contributed by atoms with Gasteiger partial charge >= 0.3 is 0 Å². The Hall–Kier alpha value is -0.910. The van der Waals surface area contributed by atoms with Crippen LogP contribution in [0.3, 0.4) is 0 Å². The van der Waals surface area contributed by atoms with E-state index >= 15 is 0 Å². The predicted molar refractivity (Wildman–Crippen MR) is 92.5 cm³/mol. The molecule has 0 fully saturated rings. The molecule has 1 aromatic carbocycles. The first-order valence-corrected chi connectivity index (χ1v) is 8.70. The molecule has 0 saturated carbocycles. The summed E-state index contributed by atoms with van der Waals surface area (Å²) in [6.07, 6.45) is 1.07. The zero-order chi connectivity index (χ0) is 15.2. The highest BCUT2D eigenvalue weighted by Gasteiger charge is 2.10. The molecule has 2 nitrogen and oxygen atoms in total. The van der Waals surface area contributed by atoms with Gasteiger partial charge in [0, 0.05) is 25.8 Å². The van der Waals surface area contributed by atoms with Crippen molar-refractivity contribution in [1.29, 1.82) is 0 Å². The van der Waals surface area contributed by atoms with Crippen LogP contribution in [-0.2, 0) is 13.1 Å². The third-order valence-electron chi connectivity index (χ3n) is 3.24. The van der Waals surface area contributed by atoms with Crippen molar-refractivity contribution in [3.63, 3.8) is 0 Å². The zero-order valence-corrected chi connectivity index (χ0v) is 14.7. The van der Waals surface area contributed by atoms with Crippen LogP contribution >= 0.6 is 27.3 Å². The predicted octanol–water partition coefficient (Wildman–Crippen LogP) is 4.79. The van der Waals surface area contributed by atoms with E-state index in [9.17, 15) is 4.39 Å². The van der Waals surface area contributed by atoms with E-state index in [1.807, 2.05) is 13.1 Å². The first-order chi connectivity index (χ1) is 10.1. The van der Waals surface area contributed by atoms with Gasteiger partial charge in [0.25, 0.3) is 0 Å². The van der Waals surface area contributed by atoms with Gasteiger partial charge in [0.15, 0.2) is 0 Å². The maximum Gasteiger partial charge on any atom is 0.123 e. The fourth-order valence-corrected chi connectivity index (χ4v) is 3.46. The summed E-state index contributed by atoms with van der Waals surface area (Å²) in [5, 5.41) is 5.48. The van der Waals surface area contributed by atoms with Crippen LogP contribution in [0.4, 0.5) is 10.1 Å². The van der Waals surface area contributed by atoms with Crippen molar-refractivity contribution >= 4 is 33.0 Å². The molecule has 0 aliphatic heterocycles. The Balaban J connectivity index is 2.12. The molecule has 0 saturated heterocycles. The van der Waals surface area contributed by atoms with Gasteiger partial charge in [-0.25, -0.2) is 4.39 Å². The third kappa shape index (κ3) is 4.80. The van der Waals surface area contributed by atoms with Crippen molar-refractivity contribution in [2.75, 3.05) is 18.5 Å². The van der Waals surface area contributed by atoms with E-state index in [-0.39, 0.29) is 5.82 Å². The number of rotatable bonds is 7. The van der Waals surface area contributed by atoms with Gasteiger partial charge in [-0.15, -0.1) is 11.3 Å². The fraction of sp³-hybridized carbons (Fsp3) is 0.375. The largest absolute Gasteiger partial charge is 0.370 e.